The molecular formula is C16H26N2O3. The molecule has 1 aromatic rings. The normalized spacial score (nSPS) is 18.6. The van der Waals surface area contributed by atoms with E-state index in [4.69, 9.17) is 4.74 Å². The van der Waals surface area contributed by atoms with Gasteiger partial charge in [0.1, 0.15) is 11.5 Å². The number of morpholine rings is 1. The Hall–Kier alpha value is -1.30. The highest BCUT2D eigenvalue weighted by Gasteiger charge is 2.28. The number of phenols is 2. The quantitative estimate of drug-likeness (QED) is 0.773. The van der Waals surface area contributed by atoms with Crippen molar-refractivity contribution in [3.63, 3.8) is 0 Å². The minimum Gasteiger partial charge on any atom is -0.508 e. The summed E-state index contributed by atoms with van der Waals surface area (Å²) in [6, 6.07) is 4.76. The second-order valence-corrected chi connectivity index (χ2v) is 6.30. The van der Waals surface area contributed by atoms with Crippen LogP contribution in [-0.4, -0.2) is 53.5 Å². The van der Waals surface area contributed by atoms with Crippen molar-refractivity contribution in [1.29, 1.82) is 0 Å². The largest absolute Gasteiger partial charge is 0.508 e. The Kier molecular flexibility index (Phi) is 5.08. The van der Waals surface area contributed by atoms with Crippen LogP contribution in [0.4, 0.5) is 0 Å². The molecule has 0 saturated carbocycles. The number of ether oxygens (including phenoxy) is 1. The third-order valence-corrected chi connectivity index (χ3v) is 4.13. The Morgan fingerprint density at radius 3 is 2.33 bits per heavy atom. The van der Waals surface area contributed by atoms with Gasteiger partial charge in [0.2, 0.25) is 0 Å². The van der Waals surface area contributed by atoms with Crippen LogP contribution in [0.2, 0.25) is 0 Å². The molecule has 118 valence electrons. The van der Waals surface area contributed by atoms with Crippen molar-refractivity contribution in [2.24, 2.45) is 0 Å². The summed E-state index contributed by atoms with van der Waals surface area (Å²) in [5, 5.41) is 22.6. The lowest BCUT2D eigenvalue weighted by Gasteiger charge is -2.41. The van der Waals surface area contributed by atoms with Gasteiger partial charge < -0.3 is 20.3 Å². The molecule has 1 heterocycles. The molecule has 0 radical (unpaired) electrons. The van der Waals surface area contributed by atoms with Gasteiger partial charge in [-0.3, -0.25) is 4.90 Å². The third kappa shape index (κ3) is 4.33. The third-order valence-electron chi connectivity index (χ3n) is 4.13. The molecular weight excluding hydrogens is 268 g/mol. The van der Waals surface area contributed by atoms with E-state index in [0.29, 0.717) is 0 Å². The van der Waals surface area contributed by atoms with E-state index in [1.807, 2.05) is 6.92 Å². The molecule has 1 aliphatic heterocycles. The summed E-state index contributed by atoms with van der Waals surface area (Å²) in [4.78, 5) is 2.43. The Morgan fingerprint density at radius 1 is 1.19 bits per heavy atom. The summed E-state index contributed by atoms with van der Waals surface area (Å²) in [6.45, 7) is 10.8. The van der Waals surface area contributed by atoms with Gasteiger partial charge in [0.15, 0.2) is 0 Å². The van der Waals surface area contributed by atoms with E-state index >= 15 is 0 Å². The highest BCUT2D eigenvalue weighted by Crippen LogP contribution is 2.25. The van der Waals surface area contributed by atoms with E-state index in [1.54, 1.807) is 12.1 Å². The SMILES string of the molecule is CC(NCC(C)(C)N1CCOCC1)c1cc(O)cc(O)c1. The van der Waals surface area contributed by atoms with Gasteiger partial charge in [-0.1, -0.05) is 0 Å². The van der Waals surface area contributed by atoms with Crippen LogP contribution in [0.1, 0.15) is 32.4 Å². The Labute approximate surface area is 126 Å². The summed E-state index contributed by atoms with van der Waals surface area (Å²) >= 11 is 0. The van der Waals surface area contributed by atoms with Crippen LogP contribution in [0.5, 0.6) is 11.5 Å². The van der Waals surface area contributed by atoms with Crippen LogP contribution in [0.3, 0.4) is 0 Å². The van der Waals surface area contributed by atoms with E-state index in [0.717, 1.165) is 38.4 Å². The fourth-order valence-electron chi connectivity index (χ4n) is 2.67. The van der Waals surface area contributed by atoms with Crippen molar-refractivity contribution < 1.29 is 14.9 Å². The molecule has 0 bridgehead atoms. The van der Waals surface area contributed by atoms with Crippen LogP contribution in [0.15, 0.2) is 18.2 Å². The molecule has 1 saturated heterocycles. The smallest absolute Gasteiger partial charge is 0.119 e. The molecule has 2 rings (SSSR count). The first kappa shape index (κ1) is 16.1. The maximum Gasteiger partial charge on any atom is 0.119 e. The van der Waals surface area contributed by atoms with Crippen LogP contribution in [0, 0.1) is 0 Å². The summed E-state index contributed by atoms with van der Waals surface area (Å²) < 4.78 is 5.40. The molecule has 1 aliphatic rings. The second kappa shape index (κ2) is 6.64. The van der Waals surface area contributed by atoms with Crippen molar-refractivity contribution in [2.75, 3.05) is 32.8 Å². The fourth-order valence-corrected chi connectivity index (χ4v) is 2.67. The zero-order valence-electron chi connectivity index (χ0n) is 13.1. The molecule has 0 amide bonds. The first-order chi connectivity index (χ1) is 9.88. The Bertz CT molecular complexity index is 450. The van der Waals surface area contributed by atoms with Gasteiger partial charge in [-0.15, -0.1) is 0 Å². The lowest BCUT2D eigenvalue weighted by molar-refractivity contribution is -0.0102. The molecule has 1 aromatic carbocycles. The van der Waals surface area contributed by atoms with Crippen molar-refractivity contribution in [1.82, 2.24) is 10.2 Å². The van der Waals surface area contributed by atoms with Crippen molar-refractivity contribution in [3.05, 3.63) is 23.8 Å². The lowest BCUT2D eigenvalue weighted by Crippen LogP contribution is -2.54. The minimum absolute atomic E-state index is 0.0386. The monoisotopic (exact) mass is 294 g/mol. The van der Waals surface area contributed by atoms with Crippen LogP contribution in [0.25, 0.3) is 0 Å². The van der Waals surface area contributed by atoms with Crippen LogP contribution < -0.4 is 5.32 Å². The number of phenolic OH excluding ortho intramolecular Hbond substituents is 2. The van der Waals surface area contributed by atoms with Crippen molar-refractivity contribution >= 4 is 0 Å². The Morgan fingerprint density at radius 2 is 1.76 bits per heavy atom. The van der Waals surface area contributed by atoms with E-state index in [9.17, 15) is 10.2 Å². The van der Waals surface area contributed by atoms with E-state index in [1.165, 1.54) is 6.07 Å². The highest BCUT2D eigenvalue weighted by molar-refractivity contribution is 5.37. The van der Waals surface area contributed by atoms with E-state index in [2.05, 4.69) is 24.1 Å². The summed E-state index contributed by atoms with van der Waals surface area (Å²) in [7, 11) is 0. The zero-order valence-corrected chi connectivity index (χ0v) is 13.1. The average Bonchev–Trinajstić information content (AvgIpc) is 2.45. The molecule has 21 heavy (non-hydrogen) atoms. The van der Waals surface area contributed by atoms with Crippen LogP contribution >= 0.6 is 0 Å². The summed E-state index contributed by atoms with van der Waals surface area (Å²) in [5.74, 6) is 0.178. The highest BCUT2D eigenvalue weighted by atomic mass is 16.5. The van der Waals surface area contributed by atoms with Crippen molar-refractivity contribution in [2.45, 2.75) is 32.4 Å². The maximum absolute atomic E-state index is 9.56. The van der Waals surface area contributed by atoms with Crippen LogP contribution in [-0.2, 0) is 4.74 Å². The molecule has 0 spiro atoms. The van der Waals surface area contributed by atoms with Crippen molar-refractivity contribution in [3.8, 4) is 11.5 Å². The number of rotatable bonds is 5. The fraction of sp³-hybridized carbons (Fsp3) is 0.625. The van der Waals surface area contributed by atoms with Gasteiger partial charge in [0, 0.05) is 37.3 Å². The first-order valence-corrected chi connectivity index (χ1v) is 7.47. The van der Waals surface area contributed by atoms with Gasteiger partial charge in [-0.25, -0.2) is 0 Å². The number of hydrogen-bond acceptors (Lipinski definition) is 5. The maximum atomic E-state index is 9.56. The molecule has 0 aromatic heterocycles. The van der Waals surface area contributed by atoms with Gasteiger partial charge in [-0.05, 0) is 38.5 Å². The molecule has 5 heteroatoms. The lowest BCUT2D eigenvalue weighted by atomic mass is 10.0. The molecule has 3 N–H and O–H groups in total. The number of aromatic hydroxyl groups is 2. The molecule has 1 atom stereocenters. The standard InChI is InChI=1S/C16H26N2O3/c1-12(13-8-14(19)10-15(20)9-13)17-11-16(2,3)18-4-6-21-7-5-18/h8-10,12,17,19-20H,4-7,11H2,1-3H3. The molecule has 1 fully saturated rings. The van der Waals surface area contributed by atoms with E-state index < -0.39 is 0 Å². The zero-order chi connectivity index (χ0) is 15.5. The van der Waals surface area contributed by atoms with E-state index in [-0.39, 0.29) is 23.1 Å². The van der Waals surface area contributed by atoms with Gasteiger partial charge in [0.05, 0.1) is 13.2 Å². The topological polar surface area (TPSA) is 65.0 Å². The second-order valence-electron chi connectivity index (χ2n) is 6.30. The number of benzene rings is 1. The number of nitrogens with one attached hydrogen (secondary N) is 1. The predicted molar refractivity (Wildman–Crippen MR) is 82.7 cm³/mol. The predicted octanol–water partition coefficient (Wildman–Crippen LogP) is 1.86. The minimum atomic E-state index is 0.0386. The Balaban J connectivity index is 1.94. The molecule has 5 nitrogen and oxygen atoms in total. The average molecular weight is 294 g/mol. The van der Waals surface area contributed by atoms with Gasteiger partial charge in [0.25, 0.3) is 0 Å². The number of hydrogen-bond donors (Lipinski definition) is 3. The summed E-state index contributed by atoms with van der Waals surface area (Å²) in [6.07, 6.45) is 0. The molecule has 1 unspecified atom stereocenters. The van der Waals surface area contributed by atoms with Gasteiger partial charge >= 0.3 is 0 Å². The number of nitrogens with zero attached hydrogens (tertiary/aromatic N) is 1. The van der Waals surface area contributed by atoms with Gasteiger partial charge in [-0.2, -0.15) is 0 Å². The first-order valence-electron chi connectivity index (χ1n) is 7.47. The summed E-state index contributed by atoms with van der Waals surface area (Å²) in [5.41, 5.74) is 0.918. The molecule has 0 aliphatic carbocycles.